The van der Waals surface area contributed by atoms with E-state index in [1.807, 2.05) is 0 Å². The molecule has 8 nitrogen and oxygen atoms in total. The van der Waals surface area contributed by atoms with Crippen molar-refractivity contribution in [2.45, 2.75) is 24.8 Å². The number of thiazole rings is 1. The lowest BCUT2D eigenvalue weighted by molar-refractivity contribution is 0.136. The first-order valence-corrected chi connectivity index (χ1v) is 8.96. The summed E-state index contributed by atoms with van der Waals surface area (Å²) >= 11 is 1.33. The first kappa shape index (κ1) is 16.2. The molecule has 21 heavy (non-hydrogen) atoms. The van der Waals surface area contributed by atoms with E-state index >= 15 is 0 Å². The van der Waals surface area contributed by atoms with Gasteiger partial charge >= 0.3 is 0 Å². The van der Waals surface area contributed by atoms with Crippen LogP contribution in [-0.2, 0) is 14.8 Å². The third kappa shape index (κ3) is 3.71. The van der Waals surface area contributed by atoms with Crippen molar-refractivity contribution in [2.24, 2.45) is 5.84 Å². The van der Waals surface area contributed by atoms with E-state index in [4.69, 9.17) is 10.6 Å². The van der Waals surface area contributed by atoms with Crippen LogP contribution in [0, 0.1) is 0 Å². The van der Waals surface area contributed by atoms with E-state index in [9.17, 15) is 8.42 Å². The number of nitrogens with zero attached hydrogens (tertiary/aromatic N) is 2. The Labute approximate surface area is 127 Å². The predicted molar refractivity (Wildman–Crippen MR) is 81.8 cm³/mol. The number of nitrogen functional groups attached to an aromatic ring is 1. The highest BCUT2D eigenvalue weighted by Gasteiger charge is 2.25. The van der Waals surface area contributed by atoms with Crippen LogP contribution in [0.4, 0.5) is 5.82 Å². The number of anilines is 1. The van der Waals surface area contributed by atoms with Crippen molar-refractivity contribution in [1.82, 2.24) is 14.1 Å². The number of ether oxygens (including phenoxy) is 1. The maximum absolute atomic E-state index is 12.4. The number of fused-ring (bicyclic) bond motifs is 1. The molecule has 0 unspecified atom stereocenters. The lowest BCUT2D eigenvalue weighted by Gasteiger charge is -2.08. The van der Waals surface area contributed by atoms with Crippen LogP contribution in [0.5, 0.6) is 0 Å². The van der Waals surface area contributed by atoms with Crippen LogP contribution in [0.2, 0.25) is 0 Å². The highest BCUT2D eigenvalue weighted by atomic mass is 32.2. The van der Waals surface area contributed by atoms with Crippen LogP contribution in [0.15, 0.2) is 16.6 Å². The average molecular weight is 333 g/mol. The first-order valence-electron chi connectivity index (χ1n) is 6.59. The first-order chi connectivity index (χ1) is 10.1. The van der Waals surface area contributed by atoms with Gasteiger partial charge < -0.3 is 10.2 Å². The Bertz CT molecular complexity index is 679. The SMILES string of the molecule is CCCCOCCNS(=O)(=O)c1c(NN)nc2sccn12. The number of imidazole rings is 1. The van der Waals surface area contributed by atoms with Gasteiger partial charge in [0.2, 0.25) is 5.03 Å². The molecule has 2 rings (SSSR count). The van der Waals surface area contributed by atoms with Crippen molar-refractivity contribution in [3.63, 3.8) is 0 Å². The predicted octanol–water partition coefficient (Wildman–Crippen LogP) is 0.776. The van der Waals surface area contributed by atoms with Gasteiger partial charge in [-0.05, 0) is 6.42 Å². The van der Waals surface area contributed by atoms with Gasteiger partial charge in [0.05, 0.1) is 6.61 Å². The number of rotatable bonds is 9. The Hall–Kier alpha value is -1.20. The minimum atomic E-state index is -3.71. The Morgan fingerprint density at radius 1 is 1.48 bits per heavy atom. The lowest BCUT2D eigenvalue weighted by Crippen LogP contribution is -2.29. The molecule has 0 atom stereocenters. The number of hydrazine groups is 1. The van der Waals surface area contributed by atoms with Gasteiger partial charge in [-0.1, -0.05) is 13.3 Å². The van der Waals surface area contributed by atoms with Gasteiger partial charge in [0, 0.05) is 24.7 Å². The van der Waals surface area contributed by atoms with E-state index in [0.29, 0.717) is 18.2 Å². The molecule has 2 aromatic rings. The lowest BCUT2D eigenvalue weighted by atomic mass is 10.4. The zero-order valence-corrected chi connectivity index (χ0v) is 13.3. The zero-order chi connectivity index (χ0) is 15.3. The van der Waals surface area contributed by atoms with Crippen molar-refractivity contribution in [2.75, 3.05) is 25.2 Å². The van der Waals surface area contributed by atoms with Gasteiger partial charge in [0.25, 0.3) is 10.0 Å². The molecule has 0 aliphatic carbocycles. The summed E-state index contributed by atoms with van der Waals surface area (Å²) < 4.78 is 34.0. The molecule has 0 amide bonds. The second kappa shape index (κ2) is 7.18. The molecule has 0 bridgehead atoms. The summed E-state index contributed by atoms with van der Waals surface area (Å²) in [4.78, 5) is 4.68. The summed E-state index contributed by atoms with van der Waals surface area (Å²) in [6.45, 7) is 3.23. The summed E-state index contributed by atoms with van der Waals surface area (Å²) in [5, 5.41) is 1.77. The fourth-order valence-electron chi connectivity index (χ4n) is 1.78. The van der Waals surface area contributed by atoms with Crippen LogP contribution in [-0.4, -0.2) is 37.6 Å². The molecule has 0 aliphatic heterocycles. The van der Waals surface area contributed by atoms with Gasteiger partial charge in [-0.25, -0.2) is 19.0 Å². The number of sulfonamides is 1. The van der Waals surface area contributed by atoms with Gasteiger partial charge in [0.1, 0.15) is 0 Å². The molecule has 10 heteroatoms. The number of nitrogens with one attached hydrogen (secondary N) is 2. The molecule has 118 valence electrons. The summed E-state index contributed by atoms with van der Waals surface area (Å²) in [6.07, 6.45) is 3.65. The van der Waals surface area contributed by atoms with Crippen molar-refractivity contribution >= 4 is 32.1 Å². The molecule has 4 N–H and O–H groups in total. The molecule has 0 saturated carbocycles. The Morgan fingerprint density at radius 2 is 2.29 bits per heavy atom. The minimum Gasteiger partial charge on any atom is -0.380 e. The zero-order valence-electron chi connectivity index (χ0n) is 11.7. The quantitative estimate of drug-likeness (QED) is 0.355. The fourth-order valence-corrected chi connectivity index (χ4v) is 3.81. The fraction of sp³-hybridized carbons (Fsp3) is 0.545. The van der Waals surface area contributed by atoms with Crippen molar-refractivity contribution < 1.29 is 13.2 Å². The molecule has 0 saturated heterocycles. The average Bonchev–Trinajstić information content (AvgIpc) is 3.02. The highest BCUT2D eigenvalue weighted by Crippen LogP contribution is 2.24. The van der Waals surface area contributed by atoms with Crippen molar-refractivity contribution in [3.8, 4) is 0 Å². The third-order valence-electron chi connectivity index (χ3n) is 2.79. The molecular formula is C11H19N5O3S2. The topological polar surface area (TPSA) is 111 Å². The van der Waals surface area contributed by atoms with Crippen LogP contribution < -0.4 is 16.0 Å². The summed E-state index contributed by atoms with van der Waals surface area (Å²) in [6, 6.07) is 0. The number of unbranched alkanes of at least 4 members (excludes halogenated alkanes) is 1. The maximum atomic E-state index is 12.4. The molecule has 2 aromatic heterocycles. The Kier molecular flexibility index (Phi) is 5.53. The van der Waals surface area contributed by atoms with E-state index in [-0.39, 0.29) is 17.4 Å². The Morgan fingerprint density at radius 3 is 3.00 bits per heavy atom. The third-order valence-corrected chi connectivity index (χ3v) is 5.03. The molecule has 0 aliphatic rings. The second-order valence-corrected chi connectivity index (χ2v) is 6.88. The number of hydrogen-bond donors (Lipinski definition) is 3. The standard InChI is InChI=1S/C11H19N5O3S2/c1-2-3-6-19-7-4-13-21(17,18)10-9(15-12)14-11-16(10)5-8-20-11/h5,8,13,15H,2-4,6-7,12H2,1H3. The van der Waals surface area contributed by atoms with Gasteiger partial charge in [-0.15, -0.1) is 11.3 Å². The van der Waals surface area contributed by atoms with Crippen molar-refractivity contribution in [3.05, 3.63) is 11.6 Å². The van der Waals surface area contributed by atoms with Gasteiger partial charge in [-0.2, -0.15) is 4.98 Å². The smallest absolute Gasteiger partial charge is 0.260 e. The monoisotopic (exact) mass is 333 g/mol. The highest BCUT2D eigenvalue weighted by molar-refractivity contribution is 7.89. The van der Waals surface area contributed by atoms with Crippen LogP contribution in [0.1, 0.15) is 19.8 Å². The molecular weight excluding hydrogens is 314 g/mol. The van der Waals surface area contributed by atoms with Crippen LogP contribution in [0.3, 0.4) is 0 Å². The Balaban J connectivity index is 2.05. The van der Waals surface area contributed by atoms with Crippen LogP contribution >= 0.6 is 11.3 Å². The van der Waals surface area contributed by atoms with Gasteiger partial charge in [-0.3, -0.25) is 4.40 Å². The maximum Gasteiger partial charge on any atom is 0.260 e. The second-order valence-electron chi connectivity index (χ2n) is 4.33. The van der Waals surface area contributed by atoms with Crippen LogP contribution in [0.25, 0.3) is 4.96 Å². The van der Waals surface area contributed by atoms with E-state index < -0.39 is 10.0 Å². The van der Waals surface area contributed by atoms with E-state index in [1.165, 1.54) is 15.7 Å². The summed E-state index contributed by atoms with van der Waals surface area (Å²) in [7, 11) is -3.71. The number of aromatic nitrogens is 2. The molecule has 0 radical (unpaired) electrons. The van der Waals surface area contributed by atoms with E-state index in [1.54, 1.807) is 11.6 Å². The number of hydrogen-bond acceptors (Lipinski definition) is 7. The van der Waals surface area contributed by atoms with E-state index in [2.05, 4.69) is 22.1 Å². The largest absolute Gasteiger partial charge is 0.380 e. The molecule has 2 heterocycles. The minimum absolute atomic E-state index is 0.00908. The summed E-state index contributed by atoms with van der Waals surface area (Å²) in [5.41, 5.74) is 2.32. The molecule has 0 fully saturated rings. The van der Waals surface area contributed by atoms with Gasteiger partial charge in [0.15, 0.2) is 10.8 Å². The van der Waals surface area contributed by atoms with E-state index in [0.717, 1.165) is 12.8 Å². The molecule has 0 aromatic carbocycles. The normalized spacial score (nSPS) is 12.1. The molecule has 0 spiro atoms. The summed E-state index contributed by atoms with van der Waals surface area (Å²) in [5.74, 6) is 5.47. The number of nitrogens with two attached hydrogens (primary N) is 1. The van der Waals surface area contributed by atoms with Crippen molar-refractivity contribution in [1.29, 1.82) is 0 Å².